The van der Waals surface area contributed by atoms with Gasteiger partial charge < -0.3 is 5.32 Å². The minimum atomic E-state index is -0.163. The van der Waals surface area contributed by atoms with Crippen LogP contribution in [0.15, 0.2) is 48.2 Å². The van der Waals surface area contributed by atoms with Crippen LogP contribution in [-0.4, -0.2) is 11.0 Å². The highest BCUT2D eigenvalue weighted by atomic mass is 35.5. The molecule has 3 rings (SSSR count). The minimum Gasteiger partial charge on any atom is -0.327 e. The Morgan fingerprint density at radius 1 is 1.13 bits per heavy atom. The highest BCUT2D eigenvalue weighted by Crippen LogP contribution is 2.28. The van der Waals surface area contributed by atoms with E-state index in [-0.39, 0.29) is 5.91 Å². The Morgan fingerprint density at radius 2 is 1.87 bits per heavy atom. The lowest BCUT2D eigenvalue weighted by atomic mass is 10.1. The molecular weight excluding hydrogens is 328 g/mol. The number of aryl methyl sites for hydroxylation is 2. The number of carbonyl (C=O) groups is 1. The molecule has 23 heavy (non-hydrogen) atoms. The molecule has 0 aliphatic carbocycles. The number of nitrogens with zero attached hydrogens (tertiary/aromatic N) is 1. The maximum absolute atomic E-state index is 12.7. The van der Waals surface area contributed by atoms with Crippen LogP contribution < -0.4 is 10.2 Å². The summed E-state index contributed by atoms with van der Waals surface area (Å²) in [5.74, 6) is -0.163. The van der Waals surface area contributed by atoms with Gasteiger partial charge in [-0.3, -0.25) is 9.69 Å². The molecule has 1 fully saturated rings. The lowest BCUT2D eigenvalue weighted by Crippen LogP contribution is -2.30. The van der Waals surface area contributed by atoms with Crippen LogP contribution in [0.3, 0.4) is 0 Å². The summed E-state index contributed by atoms with van der Waals surface area (Å²) >= 11 is 11.3. The van der Waals surface area contributed by atoms with Crippen molar-refractivity contribution in [2.24, 2.45) is 0 Å². The van der Waals surface area contributed by atoms with Gasteiger partial charge in [-0.05, 0) is 67.0 Å². The zero-order valence-corrected chi connectivity index (χ0v) is 14.3. The number of benzene rings is 2. The van der Waals surface area contributed by atoms with Crippen LogP contribution in [0.25, 0.3) is 6.08 Å². The van der Waals surface area contributed by atoms with Crippen molar-refractivity contribution in [2.45, 2.75) is 13.8 Å². The standard InChI is InChI=1S/C18H15ClN2OS/c1-11-5-3-4-6-13(11)10-15-17(22)21(18(23)20-15)16-8-7-14(19)9-12(16)2/h3-10H,1-2H3,(H,20,23)/b15-10-. The molecule has 1 N–H and O–H groups in total. The van der Waals surface area contributed by atoms with Gasteiger partial charge in [0.1, 0.15) is 5.70 Å². The quantitative estimate of drug-likeness (QED) is 0.655. The number of amides is 1. The van der Waals surface area contributed by atoms with Crippen molar-refractivity contribution in [3.8, 4) is 0 Å². The van der Waals surface area contributed by atoms with E-state index < -0.39 is 0 Å². The summed E-state index contributed by atoms with van der Waals surface area (Å²) in [5, 5.41) is 4.01. The van der Waals surface area contributed by atoms with E-state index in [0.717, 1.165) is 22.4 Å². The second kappa shape index (κ2) is 6.14. The van der Waals surface area contributed by atoms with E-state index in [1.165, 1.54) is 4.90 Å². The SMILES string of the molecule is Cc1ccccc1/C=C1\NC(=S)N(c2ccc(Cl)cc2C)C1=O. The normalized spacial score (nSPS) is 16.1. The van der Waals surface area contributed by atoms with Crippen molar-refractivity contribution in [2.75, 3.05) is 4.90 Å². The number of halogens is 1. The van der Waals surface area contributed by atoms with E-state index in [1.807, 2.05) is 50.3 Å². The molecular formula is C18H15ClN2OS. The Kier molecular flexibility index (Phi) is 4.20. The smallest absolute Gasteiger partial charge is 0.281 e. The molecule has 0 aromatic heterocycles. The molecule has 0 atom stereocenters. The average molecular weight is 343 g/mol. The first kappa shape index (κ1) is 15.7. The van der Waals surface area contributed by atoms with Gasteiger partial charge in [0.15, 0.2) is 5.11 Å². The van der Waals surface area contributed by atoms with Crippen LogP contribution in [-0.2, 0) is 4.79 Å². The van der Waals surface area contributed by atoms with Gasteiger partial charge in [0.05, 0.1) is 5.69 Å². The molecule has 0 bridgehead atoms. The number of hydrogen-bond donors (Lipinski definition) is 1. The summed E-state index contributed by atoms with van der Waals surface area (Å²) in [5.41, 5.74) is 4.19. The topological polar surface area (TPSA) is 32.3 Å². The molecule has 1 heterocycles. The van der Waals surface area contributed by atoms with Crippen molar-refractivity contribution in [3.63, 3.8) is 0 Å². The van der Waals surface area contributed by atoms with Crippen LogP contribution in [0.1, 0.15) is 16.7 Å². The number of carbonyl (C=O) groups excluding carboxylic acids is 1. The second-order valence-corrected chi connectivity index (χ2v) is 6.24. The first-order valence-electron chi connectivity index (χ1n) is 7.16. The first-order chi connectivity index (χ1) is 11.0. The zero-order chi connectivity index (χ0) is 16.6. The maximum Gasteiger partial charge on any atom is 0.281 e. The summed E-state index contributed by atoms with van der Waals surface area (Å²) in [7, 11) is 0. The summed E-state index contributed by atoms with van der Waals surface area (Å²) < 4.78 is 0. The van der Waals surface area contributed by atoms with E-state index in [9.17, 15) is 4.79 Å². The predicted octanol–water partition coefficient (Wildman–Crippen LogP) is 4.22. The summed E-state index contributed by atoms with van der Waals surface area (Å²) in [6, 6.07) is 13.3. The van der Waals surface area contributed by atoms with Crippen LogP contribution in [0.2, 0.25) is 5.02 Å². The Labute approximate surface area is 145 Å². The van der Waals surface area contributed by atoms with Crippen LogP contribution >= 0.6 is 23.8 Å². The van der Waals surface area contributed by atoms with E-state index >= 15 is 0 Å². The third-order valence-corrected chi connectivity index (χ3v) is 4.29. The van der Waals surface area contributed by atoms with E-state index in [4.69, 9.17) is 23.8 Å². The van der Waals surface area contributed by atoms with Gasteiger partial charge in [-0.2, -0.15) is 0 Å². The molecule has 1 saturated heterocycles. The monoisotopic (exact) mass is 342 g/mol. The fourth-order valence-corrected chi connectivity index (χ4v) is 3.05. The predicted molar refractivity (Wildman–Crippen MR) is 98.6 cm³/mol. The van der Waals surface area contributed by atoms with Gasteiger partial charge in [-0.25, -0.2) is 0 Å². The molecule has 2 aromatic rings. The molecule has 0 radical (unpaired) electrons. The van der Waals surface area contributed by atoms with Gasteiger partial charge in [0, 0.05) is 5.02 Å². The van der Waals surface area contributed by atoms with Crippen molar-refractivity contribution >= 4 is 46.6 Å². The summed E-state index contributed by atoms with van der Waals surface area (Å²) in [4.78, 5) is 14.2. The second-order valence-electron chi connectivity index (χ2n) is 5.42. The maximum atomic E-state index is 12.7. The lowest BCUT2D eigenvalue weighted by molar-refractivity contribution is -0.113. The Morgan fingerprint density at radius 3 is 2.57 bits per heavy atom. The molecule has 0 spiro atoms. The molecule has 0 saturated carbocycles. The summed E-state index contributed by atoms with van der Waals surface area (Å²) in [6.45, 7) is 3.91. The molecule has 5 heteroatoms. The van der Waals surface area contributed by atoms with E-state index in [1.54, 1.807) is 12.1 Å². The number of thiocarbonyl (C=S) groups is 1. The third kappa shape index (κ3) is 3.00. The van der Waals surface area contributed by atoms with Gasteiger partial charge in [0.25, 0.3) is 5.91 Å². The molecule has 1 aliphatic rings. The fourth-order valence-electron chi connectivity index (χ4n) is 2.53. The van der Waals surface area contributed by atoms with Gasteiger partial charge in [0.2, 0.25) is 0 Å². The number of rotatable bonds is 2. The zero-order valence-electron chi connectivity index (χ0n) is 12.8. The molecule has 3 nitrogen and oxygen atoms in total. The van der Waals surface area contributed by atoms with Gasteiger partial charge >= 0.3 is 0 Å². The van der Waals surface area contributed by atoms with Crippen molar-refractivity contribution in [1.29, 1.82) is 0 Å². The largest absolute Gasteiger partial charge is 0.327 e. The fraction of sp³-hybridized carbons (Fsp3) is 0.111. The highest BCUT2D eigenvalue weighted by molar-refractivity contribution is 7.80. The minimum absolute atomic E-state index is 0.163. The molecule has 1 aliphatic heterocycles. The van der Waals surface area contributed by atoms with Crippen LogP contribution in [0.4, 0.5) is 5.69 Å². The Hall–Kier alpha value is -2.17. The highest BCUT2D eigenvalue weighted by Gasteiger charge is 2.32. The molecule has 2 aromatic carbocycles. The Bertz CT molecular complexity index is 845. The molecule has 116 valence electrons. The van der Waals surface area contributed by atoms with Gasteiger partial charge in [-0.15, -0.1) is 0 Å². The van der Waals surface area contributed by atoms with Gasteiger partial charge in [-0.1, -0.05) is 35.9 Å². The average Bonchev–Trinajstić information content (AvgIpc) is 2.77. The van der Waals surface area contributed by atoms with Crippen molar-refractivity contribution in [1.82, 2.24) is 5.32 Å². The first-order valence-corrected chi connectivity index (χ1v) is 7.95. The molecule has 0 unspecified atom stereocenters. The van der Waals surface area contributed by atoms with Crippen molar-refractivity contribution in [3.05, 3.63) is 69.9 Å². The summed E-state index contributed by atoms with van der Waals surface area (Å²) in [6.07, 6.45) is 1.83. The lowest BCUT2D eigenvalue weighted by Gasteiger charge is -2.16. The third-order valence-electron chi connectivity index (χ3n) is 3.77. The number of hydrogen-bond acceptors (Lipinski definition) is 2. The van der Waals surface area contributed by atoms with E-state index in [2.05, 4.69) is 5.32 Å². The number of nitrogens with one attached hydrogen (secondary N) is 1. The van der Waals surface area contributed by atoms with Crippen molar-refractivity contribution < 1.29 is 4.79 Å². The van der Waals surface area contributed by atoms with Crippen LogP contribution in [0, 0.1) is 13.8 Å². The molecule has 1 amide bonds. The van der Waals surface area contributed by atoms with E-state index in [0.29, 0.717) is 15.8 Å². The Balaban J connectivity index is 1.99. The number of anilines is 1. The van der Waals surface area contributed by atoms with Crippen LogP contribution in [0.5, 0.6) is 0 Å².